The number of nitrogens with two attached hydrogens (primary N) is 1. The van der Waals surface area contributed by atoms with Crippen molar-refractivity contribution in [2.75, 3.05) is 5.73 Å². The van der Waals surface area contributed by atoms with Crippen molar-refractivity contribution in [3.8, 4) is 11.4 Å². The highest BCUT2D eigenvalue weighted by Crippen LogP contribution is 2.33. The molecule has 1 aromatic carbocycles. The first-order valence-corrected chi connectivity index (χ1v) is 9.50. The van der Waals surface area contributed by atoms with Crippen LogP contribution in [-0.4, -0.2) is 30.2 Å². The largest absolute Gasteiger partial charge is 0.390 e. The van der Waals surface area contributed by atoms with Gasteiger partial charge >= 0.3 is 0 Å². The van der Waals surface area contributed by atoms with Gasteiger partial charge in [-0.15, -0.1) is 0 Å². The van der Waals surface area contributed by atoms with E-state index in [9.17, 15) is 9.50 Å². The topological polar surface area (TPSA) is 89.9 Å². The predicted octanol–water partition coefficient (Wildman–Crippen LogP) is 3.47. The van der Waals surface area contributed by atoms with E-state index in [0.717, 1.165) is 25.7 Å². The highest BCUT2D eigenvalue weighted by Gasteiger charge is 2.31. The van der Waals surface area contributed by atoms with Gasteiger partial charge in [0.05, 0.1) is 5.60 Å². The Kier molecular flexibility index (Phi) is 4.55. The Morgan fingerprint density at radius 2 is 2.00 bits per heavy atom. The Labute approximate surface area is 157 Å². The predicted molar refractivity (Wildman–Crippen MR) is 103 cm³/mol. The fourth-order valence-electron chi connectivity index (χ4n) is 3.96. The molecular weight excluding hydrogens is 345 g/mol. The Morgan fingerprint density at radius 1 is 1.22 bits per heavy atom. The number of aromatic nitrogens is 4. The monoisotopic (exact) mass is 369 g/mol. The first kappa shape index (κ1) is 17.9. The molecule has 3 N–H and O–H groups in total. The molecule has 7 heteroatoms. The first-order chi connectivity index (χ1) is 13.0. The number of halogens is 1. The van der Waals surface area contributed by atoms with Gasteiger partial charge in [0.1, 0.15) is 17.5 Å². The summed E-state index contributed by atoms with van der Waals surface area (Å²) in [6.45, 7) is 2.62. The lowest BCUT2D eigenvalue weighted by molar-refractivity contribution is 0.0386. The van der Waals surface area contributed by atoms with Crippen molar-refractivity contribution in [2.45, 2.75) is 57.6 Å². The summed E-state index contributed by atoms with van der Waals surface area (Å²) in [5.41, 5.74) is 7.40. The van der Waals surface area contributed by atoms with Crippen LogP contribution in [0.4, 0.5) is 10.2 Å². The van der Waals surface area contributed by atoms with Gasteiger partial charge in [-0.2, -0.15) is 0 Å². The number of anilines is 1. The van der Waals surface area contributed by atoms with Crippen molar-refractivity contribution in [1.29, 1.82) is 0 Å². The van der Waals surface area contributed by atoms with Crippen LogP contribution in [0.5, 0.6) is 0 Å². The molecule has 0 atom stereocenters. The summed E-state index contributed by atoms with van der Waals surface area (Å²) in [6, 6.07) is 6.33. The molecule has 2 heterocycles. The minimum absolute atomic E-state index is 0.313. The Hall–Kier alpha value is -2.54. The molecule has 0 amide bonds. The van der Waals surface area contributed by atoms with E-state index >= 15 is 0 Å². The minimum atomic E-state index is -0.606. The Balaban J connectivity index is 1.73. The maximum absolute atomic E-state index is 13.7. The average Bonchev–Trinajstić information content (AvgIpc) is 3.24. The molecule has 1 aliphatic carbocycles. The van der Waals surface area contributed by atoms with Crippen molar-refractivity contribution in [3.05, 3.63) is 35.9 Å². The maximum atomic E-state index is 13.7. The molecule has 1 saturated carbocycles. The van der Waals surface area contributed by atoms with Gasteiger partial charge < -0.3 is 15.4 Å². The van der Waals surface area contributed by atoms with Crippen LogP contribution >= 0.6 is 0 Å². The minimum Gasteiger partial charge on any atom is -0.390 e. The molecule has 6 nitrogen and oxygen atoms in total. The van der Waals surface area contributed by atoms with Gasteiger partial charge in [-0.1, -0.05) is 25.0 Å². The van der Waals surface area contributed by atoms with Crippen LogP contribution in [0.2, 0.25) is 0 Å². The molecule has 0 aliphatic heterocycles. The third kappa shape index (κ3) is 3.39. The van der Waals surface area contributed by atoms with Gasteiger partial charge in [-0.25, -0.2) is 19.3 Å². The summed E-state index contributed by atoms with van der Waals surface area (Å²) in [5.74, 6) is 1.24. The van der Waals surface area contributed by atoms with E-state index in [1.807, 2.05) is 17.6 Å². The van der Waals surface area contributed by atoms with Crippen LogP contribution in [0.3, 0.4) is 0 Å². The zero-order valence-electron chi connectivity index (χ0n) is 15.5. The van der Waals surface area contributed by atoms with E-state index in [1.165, 1.54) is 12.1 Å². The highest BCUT2D eigenvalue weighted by molar-refractivity contribution is 5.85. The molecule has 1 aliphatic rings. The van der Waals surface area contributed by atoms with Crippen LogP contribution in [0.15, 0.2) is 24.3 Å². The van der Waals surface area contributed by atoms with Gasteiger partial charge in [0, 0.05) is 18.5 Å². The average molecular weight is 369 g/mol. The number of fused-ring (bicyclic) bond motifs is 1. The summed E-state index contributed by atoms with van der Waals surface area (Å²) in [5, 5.41) is 10.6. The van der Waals surface area contributed by atoms with E-state index in [-0.39, 0.29) is 5.82 Å². The smallest absolute Gasteiger partial charge is 0.166 e. The molecule has 0 radical (unpaired) electrons. The van der Waals surface area contributed by atoms with Crippen LogP contribution in [0, 0.1) is 5.82 Å². The standard InChI is InChI=1S/C20H24FN5O/c1-2-26-18(13-6-5-7-14(21)12-13)25-16-17(22)23-15(24-19(16)26)8-11-20(27)9-3-4-10-20/h5-7,12,27H,2-4,8-11H2,1H3,(H2,22,23,24). The molecule has 0 bridgehead atoms. The zero-order valence-corrected chi connectivity index (χ0v) is 15.5. The van der Waals surface area contributed by atoms with Gasteiger partial charge in [-0.3, -0.25) is 0 Å². The number of hydrogen-bond donors (Lipinski definition) is 2. The summed E-state index contributed by atoms with van der Waals surface area (Å²) < 4.78 is 15.6. The fraction of sp³-hybridized carbons (Fsp3) is 0.450. The number of imidazole rings is 1. The SMILES string of the molecule is CCn1c(-c2cccc(F)c2)nc2c(N)nc(CCC3(O)CCCC3)nc21. The van der Waals surface area contributed by atoms with Crippen LogP contribution < -0.4 is 5.73 Å². The summed E-state index contributed by atoms with van der Waals surface area (Å²) in [7, 11) is 0. The van der Waals surface area contributed by atoms with Crippen LogP contribution in [0.25, 0.3) is 22.6 Å². The lowest BCUT2D eigenvalue weighted by Gasteiger charge is -2.21. The van der Waals surface area contributed by atoms with Crippen LogP contribution in [-0.2, 0) is 13.0 Å². The Morgan fingerprint density at radius 3 is 2.70 bits per heavy atom. The molecule has 27 heavy (non-hydrogen) atoms. The molecule has 0 spiro atoms. The third-order valence-corrected chi connectivity index (χ3v) is 5.42. The van der Waals surface area contributed by atoms with Crippen molar-refractivity contribution in [1.82, 2.24) is 19.5 Å². The summed E-state index contributed by atoms with van der Waals surface area (Å²) in [6.07, 6.45) is 5.01. The molecule has 4 rings (SSSR count). The van der Waals surface area contributed by atoms with Crippen molar-refractivity contribution < 1.29 is 9.50 Å². The number of nitrogens with zero attached hydrogens (tertiary/aromatic N) is 4. The molecule has 0 unspecified atom stereocenters. The van der Waals surface area contributed by atoms with E-state index in [2.05, 4.69) is 15.0 Å². The molecule has 1 fully saturated rings. The molecule has 0 saturated heterocycles. The highest BCUT2D eigenvalue weighted by atomic mass is 19.1. The van der Waals surface area contributed by atoms with E-state index in [0.29, 0.717) is 53.6 Å². The summed E-state index contributed by atoms with van der Waals surface area (Å²) >= 11 is 0. The second-order valence-electron chi connectivity index (χ2n) is 7.32. The first-order valence-electron chi connectivity index (χ1n) is 9.50. The second kappa shape index (κ2) is 6.88. The fourth-order valence-corrected chi connectivity index (χ4v) is 3.96. The molecular formula is C20H24FN5O. The van der Waals surface area contributed by atoms with E-state index in [4.69, 9.17) is 5.73 Å². The normalized spacial score (nSPS) is 16.3. The second-order valence-corrected chi connectivity index (χ2v) is 7.32. The van der Waals surface area contributed by atoms with Crippen LogP contribution in [0.1, 0.15) is 44.9 Å². The van der Waals surface area contributed by atoms with Gasteiger partial charge in [0.2, 0.25) is 0 Å². The Bertz CT molecular complexity index is 978. The zero-order chi connectivity index (χ0) is 19.0. The van der Waals surface area contributed by atoms with Crippen molar-refractivity contribution in [3.63, 3.8) is 0 Å². The third-order valence-electron chi connectivity index (χ3n) is 5.42. The molecule has 3 aromatic rings. The number of aliphatic hydroxyl groups is 1. The molecule has 2 aromatic heterocycles. The number of aryl methyl sites for hydroxylation is 2. The van der Waals surface area contributed by atoms with Crippen molar-refractivity contribution in [2.24, 2.45) is 0 Å². The van der Waals surface area contributed by atoms with E-state index < -0.39 is 5.60 Å². The van der Waals surface area contributed by atoms with Gasteiger partial charge in [-0.05, 0) is 38.3 Å². The number of benzene rings is 1. The number of rotatable bonds is 5. The van der Waals surface area contributed by atoms with Gasteiger partial charge in [0.25, 0.3) is 0 Å². The maximum Gasteiger partial charge on any atom is 0.166 e. The lowest BCUT2D eigenvalue weighted by atomic mass is 9.96. The number of hydrogen-bond acceptors (Lipinski definition) is 5. The summed E-state index contributed by atoms with van der Waals surface area (Å²) in [4.78, 5) is 13.7. The molecule has 142 valence electrons. The number of nitrogen functional groups attached to an aromatic ring is 1. The van der Waals surface area contributed by atoms with E-state index in [1.54, 1.807) is 6.07 Å². The quantitative estimate of drug-likeness (QED) is 0.719. The lowest BCUT2D eigenvalue weighted by Crippen LogP contribution is -2.25. The van der Waals surface area contributed by atoms with Gasteiger partial charge in [0.15, 0.2) is 17.0 Å². The van der Waals surface area contributed by atoms with Crippen molar-refractivity contribution >= 4 is 17.0 Å².